The molecule has 2 aromatic rings. The minimum Gasteiger partial charge on any atom is -0.375 e. The lowest BCUT2D eigenvalue weighted by Gasteiger charge is -2.22. The van der Waals surface area contributed by atoms with Crippen molar-refractivity contribution in [3.63, 3.8) is 0 Å². The largest absolute Gasteiger partial charge is 0.375 e. The molecule has 0 radical (unpaired) electrons. The van der Waals surface area contributed by atoms with Gasteiger partial charge in [-0.1, -0.05) is 21.9 Å². The fourth-order valence-corrected chi connectivity index (χ4v) is 3.27. The number of hydrogen-bond acceptors (Lipinski definition) is 3. The van der Waals surface area contributed by atoms with Gasteiger partial charge in [0.1, 0.15) is 5.82 Å². The van der Waals surface area contributed by atoms with Crippen LogP contribution in [-0.2, 0) is 10.4 Å². The third-order valence-corrected chi connectivity index (χ3v) is 4.62. The first kappa shape index (κ1) is 17.3. The highest BCUT2D eigenvalue weighted by molar-refractivity contribution is 9.10. The monoisotopic (exact) mass is 401 g/mol. The molecule has 0 saturated heterocycles. The number of nitrogens with zero attached hydrogens (tertiary/aromatic N) is 1. The summed E-state index contributed by atoms with van der Waals surface area (Å²) in [6.45, 7) is -0.0134. The molecule has 126 valence electrons. The second-order valence-electron chi connectivity index (χ2n) is 5.72. The van der Waals surface area contributed by atoms with Crippen LogP contribution in [0.4, 0.5) is 10.1 Å². The molecule has 0 saturated carbocycles. The smallest absolute Gasteiger partial charge is 0.265 e. The highest BCUT2D eigenvalue weighted by Crippen LogP contribution is 2.43. The predicted octanol–water partition coefficient (Wildman–Crippen LogP) is 3.03. The Balaban J connectivity index is 2.01. The highest BCUT2D eigenvalue weighted by atomic mass is 79.9. The van der Waals surface area contributed by atoms with Crippen molar-refractivity contribution in [2.75, 3.05) is 11.4 Å². The SMILES string of the molecule is C#CCN1C(=O)[C@](O)(CC(=O)c2ccc(F)cc2)c2cc(Br)ccc21. The second kappa shape index (κ2) is 6.43. The van der Waals surface area contributed by atoms with Gasteiger partial charge in [-0.25, -0.2) is 4.39 Å². The van der Waals surface area contributed by atoms with Gasteiger partial charge in [-0.3, -0.25) is 14.5 Å². The molecule has 1 aliphatic heterocycles. The van der Waals surface area contributed by atoms with Gasteiger partial charge >= 0.3 is 0 Å². The number of aliphatic hydroxyl groups is 1. The van der Waals surface area contributed by atoms with E-state index in [1.54, 1.807) is 18.2 Å². The van der Waals surface area contributed by atoms with E-state index < -0.39 is 29.5 Å². The summed E-state index contributed by atoms with van der Waals surface area (Å²) < 4.78 is 13.7. The Morgan fingerprint density at radius 1 is 1.28 bits per heavy atom. The molecule has 1 aliphatic rings. The van der Waals surface area contributed by atoms with E-state index in [0.717, 1.165) is 12.1 Å². The molecule has 0 fully saturated rings. The number of amides is 1. The second-order valence-corrected chi connectivity index (χ2v) is 6.64. The summed E-state index contributed by atoms with van der Waals surface area (Å²) in [6, 6.07) is 9.94. The van der Waals surface area contributed by atoms with Gasteiger partial charge in [0, 0.05) is 15.6 Å². The molecular formula is C19H13BrFNO3. The summed E-state index contributed by atoms with van der Waals surface area (Å²) in [6.07, 6.45) is 4.86. The summed E-state index contributed by atoms with van der Waals surface area (Å²) in [5, 5.41) is 11.0. The first-order valence-electron chi connectivity index (χ1n) is 7.43. The van der Waals surface area contributed by atoms with Crippen LogP contribution in [-0.4, -0.2) is 23.3 Å². The molecule has 3 rings (SSSR count). The zero-order valence-corrected chi connectivity index (χ0v) is 14.6. The summed E-state index contributed by atoms with van der Waals surface area (Å²) in [4.78, 5) is 26.6. The summed E-state index contributed by atoms with van der Waals surface area (Å²) >= 11 is 3.31. The quantitative estimate of drug-likeness (QED) is 0.632. The van der Waals surface area contributed by atoms with Gasteiger partial charge in [0.15, 0.2) is 11.4 Å². The van der Waals surface area contributed by atoms with Crippen molar-refractivity contribution < 1.29 is 19.1 Å². The van der Waals surface area contributed by atoms with E-state index in [1.165, 1.54) is 17.0 Å². The van der Waals surface area contributed by atoms with Gasteiger partial charge < -0.3 is 5.11 Å². The van der Waals surface area contributed by atoms with Crippen LogP contribution in [0.2, 0.25) is 0 Å². The predicted molar refractivity (Wildman–Crippen MR) is 94.6 cm³/mol. The molecule has 6 heteroatoms. The third kappa shape index (κ3) is 2.97. The number of terminal acetylenes is 1. The molecule has 4 nitrogen and oxygen atoms in total. The maximum absolute atomic E-state index is 13.0. The summed E-state index contributed by atoms with van der Waals surface area (Å²) in [7, 11) is 0. The van der Waals surface area contributed by atoms with Crippen molar-refractivity contribution in [2.45, 2.75) is 12.0 Å². The average molecular weight is 402 g/mol. The van der Waals surface area contributed by atoms with Crippen LogP contribution in [0, 0.1) is 18.2 Å². The maximum atomic E-state index is 13.0. The average Bonchev–Trinajstić information content (AvgIpc) is 2.77. The molecule has 0 aliphatic carbocycles. The minimum atomic E-state index is -2.01. The van der Waals surface area contributed by atoms with Gasteiger partial charge in [0.2, 0.25) is 0 Å². The van der Waals surface area contributed by atoms with Crippen molar-refractivity contribution in [2.24, 2.45) is 0 Å². The number of rotatable bonds is 4. The van der Waals surface area contributed by atoms with Gasteiger partial charge in [0.05, 0.1) is 18.7 Å². The lowest BCUT2D eigenvalue weighted by molar-refractivity contribution is -0.135. The van der Waals surface area contributed by atoms with Crippen molar-refractivity contribution in [3.05, 3.63) is 63.9 Å². The molecule has 0 aromatic heterocycles. The van der Waals surface area contributed by atoms with Crippen LogP contribution in [0.25, 0.3) is 0 Å². The molecule has 0 unspecified atom stereocenters. The lowest BCUT2D eigenvalue weighted by atomic mass is 9.88. The number of carbonyl (C=O) groups is 2. The number of ketones is 1. The Kier molecular flexibility index (Phi) is 4.46. The van der Waals surface area contributed by atoms with E-state index in [2.05, 4.69) is 21.9 Å². The zero-order chi connectivity index (χ0) is 18.2. The molecule has 1 atom stereocenters. The van der Waals surface area contributed by atoms with E-state index in [0.29, 0.717) is 15.7 Å². The van der Waals surface area contributed by atoms with Gasteiger partial charge in [-0.2, -0.15) is 0 Å². The molecule has 25 heavy (non-hydrogen) atoms. The fourth-order valence-electron chi connectivity index (χ4n) is 2.91. The first-order chi connectivity index (χ1) is 11.9. The lowest BCUT2D eigenvalue weighted by Crippen LogP contribution is -2.42. The van der Waals surface area contributed by atoms with E-state index in [4.69, 9.17) is 6.42 Å². The number of Topliss-reactive ketones (excluding diaryl/α,β-unsaturated/α-hetero) is 1. The van der Waals surface area contributed by atoms with Gasteiger partial charge in [-0.05, 0) is 42.5 Å². The van der Waals surface area contributed by atoms with Crippen molar-refractivity contribution in [1.29, 1.82) is 0 Å². The van der Waals surface area contributed by atoms with Crippen LogP contribution >= 0.6 is 15.9 Å². The Hall–Kier alpha value is -2.49. The first-order valence-corrected chi connectivity index (χ1v) is 8.22. The van der Waals surface area contributed by atoms with Crippen molar-refractivity contribution in [1.82, 2.24) is 0 Å². The van der Waals surface area contributed by atoms with Crippen LogP contribution in [0.15, 0.2) is 46.9 Å². The van der Waals surface area contributed by atoms with Crippen molar-refractivity contribution in [3.8, 4) is 12.3 Å². The molecule has 1 amide bonds. The Labute approximate surface area is 152 Å². The maximum Gasteiger partial charge on any atom is 0.265 e. The van der Waals surface area contributed by atoms with Gasteiger partial charge in [0.25, 0.3) is 5.91 Å². The number of carbonyl (C=O) groups excluding carboxylic acids is 2. The topological polar surface area (TPSA) is 57.6 Å². The fraction of sp³-hybridized carbons (Fsp3) is 0.158. The van der Waals surface area contributed by atoms with Crippen LogP contribution in [0.5, 0.6) is 0 Å². The Bertz CT molecular complexity index is 904. The number of halogens is 2. The van der Waals surface area contributed by atoms with Gasteiger partial charge in [-0.15, -0.1) is 6.42 Å². The summed E-state index contributed by atoms with van der Waals surface area (Å²) in [5.41, 5.74) is -1.01. The molecule has 2 aromatic carbocycles. The third-order valence-electron chi connectivity index (χ3n) is 4.13. The molecule has 0 bridgehead atoms. The molecule has 0 spiro atoms. The van der Waals surface area contributed by atoms with Crippen molar-refractivity contribution >= 4 is 33.3 Å². The van der Waals surface area contributed by atoms with Crippen LogP contribution in [0.3, 0.4) is 0 Å². The number of hydrogen-bond donors (Lipinski definition) is 1. The molecular weight excluding hydrogens is 389 g/mol. The highest BCUT2D eigenvalue weighted by Gasteiger charge is 2.50. The van der Waals surface area contributed by atoms with E-state index in [1.807, 2.05) is 0 Å². The minimum absolute atomic E-state index is 0.0134. The zero-order valence-electron chi connectivity index (χ0n) is 13.0. The Morgan fingerprint density at radius 2 is 1.96 bits per heavy atom. The Morgan fingerprint density at radius 3 is 2.60 bits per heavy atom. The van der Waals surface area contributed by atoms with E-state index >= 15 is 0 Å². The van der Waals surface area contributed by atoms with Crippen LogP contribution in [0.1, 0.15) is 22.3 Å². The van der Waals surface area contributed by atoms with E-state index in [-0.39, 0.29) is 12.1 Å². The molecule has 1 N–H and O–H groups in total. The number of fused-ring (bicyclic) bond motifs is 1. The normalized spacial score (nSPS) is 18.8. The standard InChI is InChI=1S/C19H13BrFNO3/c1-2-9-22-16-8-5-13(20)10-15(16)19(25,18(22)24)11-17(23)12-3-6-14(21)7-4-12/h1,3-8,10,25H,9,11H2/t19-/m0/s1. The summed E-state index contributed by atoms with van der Waals surface area (Å²) in [5.74, 6) is 0.797. The van der Waals surface area contributed by atoms with E-state index in [9.17, 15) is 19.1 Å². The number of benzene rings is 2. The van der Waals surface area contributed by atoms with Crippen LogP contribution < -0.4 is 4.90 Å². The molecule has 1 heterocycles. The number of anilines is 1.